The number of nitrogens with two attached hydrogens (primary N) is 1. The van der Waals surface area contributed by atoms with E-state index in [1.54, 1.807) is 24.3 Å². The topological polar surface area (TPSA) is 89.1 Å². The second kappa shape index (κ2) is 3.98. The molecular weight excluding hydrogens is 206 g/mol. The molecule has 16 heavy (non-hydrogen) atoms. The maximum Gasteiger partial charge on any atom is 0.337 e. The first-order valence-corrected chi connectivity index (χ1v) is 4.59. The second-order valence-corrected chi connectivity index (χ2v) is 3.26. The Morgan fingerprint density at radius 1 is 1.25 bits per heavy atom. The summed E-state index contributed by atoms with van der Waals surface area (Å²) in [7, 11) is 0. The molecule has 0 radical (unpaired) electrons. The van der Waals surface area contributed by atoms with Gasteiger partial charge in [-0.05, 0) is 18.2 Å². The van der Waals surface area contributed by atoms with Gasteiger partial charge in [-0.3, -0.25) is 0 Å². The van der Waals surface area contributed by atoms with Crippen molar-refractivity contribution < 1.29 is 9.90 Å². The number of carbonyl (C=O) groups is 1. The van der Waals surface area contributed by atoms with Crippen LogP contribution in [0.25, 0.3) is 11.3 Å². The normalized spacial score (nSPS) is 10.0. The molecule has 1 heterocycles. The van der Waals surface area contributed by atoms with E-state index in [0.717, 1.165) is 5.56 Å². The van der Waals surface area contributed by atoms with Crippen molar-refractivity contribution in [2.24, 2.45) is 0 Å². The number of aromatic carboxylic acids is 1. The molecule has 0 amide bonds. The summed E-state index contributed by atoms with van der Waals surface area (Å²) < 4.78 is 0. The lowest BCUT2D eigenvalue weighted by atomic mass is 10.1. The van der Waals surface area contributed by atoms with Crippen LogP contribution < -0.4 is 5.73 Å². The van der Waals surface area contributed by atoms with Gasteiger partial charge < -0.3 is 10.8 Å². The molecule has 0 saturated carbocycles. The summed E-state index contributed by atoms with van der Waals surface area (Å²) in [6.07, 6.45) is 1.21. The minimum absolute atomic E-state index is 0.113. The first kappa shape index (κ1) is 10.1. The minimum atomic E-state index is -1.02. The van der Waals surface area contributed by atoms with Gasteiger partial charge in [0.2, 0.25) is 0 Å². The first-order chi connectivity index (χ1) is 7.66. The van der Waals surface area contributed by atoms with Crippen molar-refractivity contribution in [3.8, 4) is 11.3 Å². The highest BCUT2D eigenvalue weighted by Crippen LogP contribution is 2.18. The number of hydrogen-bond acceptors (Lipinski definition) is 4. The SMILES string of the molecule is Nc1ccc(-c2cc(C(=O)O)cnn2)cc1. The molecule has 0 fully saturated rings. The molecule has 5 nitrogen and oxygen atoms in total. The minimum Gasteiger partial charge on any atom is -0.478 e. The molecule has 0 spiro atoms. The summed E-state index contributed by atoms with van der Waals surface area (Å²) in [5.41, 5.74) is 7.61. The van der Waals surface area contributed by atoms with Gasteiger partial charge in [0, 0.05) is 11.3 Å². The molecule has 0 aliphatic rings. The van der Waals surface area contributed by atoms with E-state index in [1.165, 1.54) is 12.3 Å². The largest absolute Gasteiger partial charge is 0.478 e. The number of rotatable bonds is 2. The van der Waals surface area contributed by atoms with Gasteiger partial charge in [0.1, 0.15) is 0 Å². The zero-order chi connectivity index (χ0) is 11.5. The smallest absolute Gasteiger partial charge is 0.337 e. The van der Waals surface area contributed by atoms with Crippen LogP contribution >= 0.6 is 0 Å². The summed E-state index contributed by atoms with van der Waals surface area (Å²) in [4.78, 5) is 10.8. The van der Waals surface area contributed by atoms with Crippen LogP contribution in [0.5, 0.6) is 0 Å². The molecule has 0 aliphatic heterocycles. The fraction of sp³-hybridized carbons (Fsp3) is 0. The molecule has 1 aromatic carbocycles. The van der Waals surface area contributed by atoms with Gasteiger partial charge in [-0.1, -0.05) is 12.1 Å². The van der Waals surface area contributed by atoms with Gasteiger partial charge in [0.15, 0.2) is 0 Å². The highest BCUT2D eigenvalue weighted by Gasteiger charge is 2.06. The molecule has 0 unspecified atom stereocenters. The number of benzene rings is 1. The predicted octanol–water partition coefficient (Wildman–Crippen LogP) is 1.42. The van der Waals surface area contributed by atoms with Crippen molar-refractivity contribution in [1.29, 1.82) is 0 Å². The van der Waals surface area contributed by atoms with E-state index in [4.69, 9.17) is 10.8 Å². The van der Waals surface area contributed by atoms with Crippen molar-refractivity contribution in [2.75, 3.05) is 5.73 Å². The van der Waals surface area contributed by atoms with Crippen LogP contribution in [0.2, 0.25) is 0 Å². The Balaban J connectivity index is 2.44. The third-order valence-corrected chi connectivity index (χ3v) is 2.11. The molecular formula is C11H9N3O2. The van der Waals surface area contributed by atoms with Crippen LogP contribution in [0, 0.1) is 0 Å². The van der Waals surface area contributed by atoms with E-state index >= 15 is 0 Å². The predicted molar refractivity (Wildman–Crippen MR) is 58.8 cm³/mol. The van der Waals surface area contributed by atoms with Crippen LogP contribution in [0.3, 0.4) is 0 Å². The molecule has 0 saturated heterocycles. The Hall–Kier alpha value is -2.43. The van der Waals surface area contributed by atoms with Crippen LogP contribution in [-0.4, -0.2) is 21.3 Å². The van der Waals surface area contributed by atoms with Crippen molar-refractivity contribution in [1.82, 2.24) is 10.2 Å². The Morgan fingerprint density at radius 3 is 2.56 bits per heavy atom. The quantitative estimate of drug-likeness (QED) is 0.739. The molecule has 0 atom stereocenters. The monoisotopic (exact) mass is 215 g/mol. The van der Waals surface area contributed by atoms with E-state index in [1.807, 2.05) is 0 Å². The average molecular weight is 215 g/mol. The molecule has 2 aromatic rings. The molecule has 2 rings (SSSR count). The van der Waals surface area contributed by atoms with Gasteiger partial charge in [-0.2, -0.15) is 10.2 Å². The lowest BCUT2D eigenvalue weighted by molar-refractivity contribution is 0.0696. The van der Waals surface area contributed by atoms with Gasteiger partial charge in [0.25, 0.3) is 0 Å². The van der Waals surface area contributed by atoms with Crippen LogP contribution in [-0.2, 0) is 0 Å². The van der Waals surface area contributed by atoms with E-state index in [2.05, 4.69) is 10.2 Å². The third-order valence-electron chi connectivity index (χ3n) is 2.11. The number of nitrogen functional groups attached to an aromatic ring is 1. The van der Waals surface area contributed by atoms with E-state index in [-0.39, 0.29) is 5.56 Å². The zero-order valence-corrected chi connectivity index (χ0v) is 8.29. The number of aromatic nitrogens is 2. The summed E-state index contributed by atoms with van der Waals surface area (Å²) in [6, 6.07) is 8.46. The summed E-state index contributed by atoms with van der Waals surface area (Å²) >= 11 is 0. The van der Waals surface area contributed by atoms with Gasteiger partial charge in [0.05, 0.1) is 17.5 Å². The molecule has 0 aliphatic carbocycles. The maximum atomic E-state index is 10.8. The Morgan fingerprint density at radius 2 is 1.94 bits per heavy atom. The fourth-order valence-corrected chi connectivity index (χ4v) is 1.28. The fourth-order valence-electron chi connectivity index (χ4n) is 1.28. The van der Waals surface area contributed by atoms with Crippen LogP contribution in [0.4, 0.5) is 5.69 Å². The number of anilines is 1. The standard InChI is InChI=1S/C11H9N3O2/c12-9-3-1-7(2-4-9)10-5-8(11(15)16)6-13-14-10/h1-6H,12H2,(H,15,16). The zero-order valence-electron chi connectivity index (χ0n) is 8.29. The van der Waals surface area contributed by atoms with E-state index < -0.39 is 5.97 Å². The molecule has 3 N–H and O–H groups in total. The van der Waals surface area contributed by atoms with Gasteiger partial charge in [-0.25, -0.2) is 4.79 Å². The molecule has 1 aromatic heterocycles. The highest BCUT2D eigenvalue weighted by atomic mass is 16.4. The summed E-state index contributed by atoms with van der Waals surface area (Å²) in [5.74, 6) is -1.02. The maximum absolute atomic E-state index is 10.8. The van der Waals surface area contributed by atoms with Crippen molar-refractivity contribution in [2.45, 2.75) is 0 Å². The second-order valence-electron chi connectivity index (χ2n) is 3.26. The lowest BCUT2D eigenvalue weighted by Gasteiger charge is -2.01. The van der Waals surface area contributed by atoms with Crippen LogP contribution in [0.15, 0.2) is 36.5 Å². The number of carboxylic acid groups (broad SMARTS) is 1. The Labute approximate surface area is 91.6 Å². The molecule has 5 heteroatoms. The van der Waals surface area contributed by atoms with Crippen molar-refractivity contribution >= 4 is 11.7 Å². The summed E-state index contributed by atoms with van der Waals surface area (Å²) in [6.45, 7) is 0. The molecule has 0 bridgehead atoms. The van der Waals surface area contributed by atoms with Crippen LogP contribution in [0.1, 0.15) is 10.4 Å². The first-order valence-electron chi connectivity index (χ1n) is 4.59. The Bertz CT molecular complexity index is 523. The number of carboxylic acids is 1. The van der Waals surface area contributed by atoms with Gasteiger partial charge in [-0.15, -0.1) is 0 Å². The Kier molecular flexibility index (Phi) is 2.51. The van der Waals surface area contributed by atoms with E-state index in [0.29, 0.717) is 11.4 Å². The lowest BCUT2D eigenvalue weighted by Crippen LogP contribution is -1.99. The third kappa shape index (κ3) is 1.98. The average Bonchev–Trinajstić information content (AvgIpc) is 2.30. The van der Waals surface area contributed by atoms with Crippen molar-refractivity contribution in [3.05, 3.63) is 42.1 Å². The number of nitrogens with zero attached hydrogens (tertiary/aromatic N) is 2. The van der Waals surface area contributed by atoms with Gasteiger partial charge >= 0.3 is 5.97 Å². The van der Waals surface area contributed by atoms with E-state index in [9.17, 15) is 4.79 Å². The number of hydrogen-bond donors (Lipinski definition) is 2. The van der Waals surface area contributed by atoms with Crippen molar-refractivity contribution in [3.63, 3.8) is 0 Å². The summed E-state index contributed by atoms with van der Waals surface area (Å²) in [5, 5.41) is 16.3. The molecule has 80 valence electrons. The highest BCUT2D eigenvalue weighted by molar-refractivity contribution is 5.88.